The third-order valence-corrected chi connectivity index (χ3v) is 3.05. The summed E-state index contributed by atoms with van der Waals surface area (Å²) < 4.78 is 0. The Labute approximate surface area is 103 Å². The van der Waals surface area contributed by atoms with Crippen molar-refractivity contribution in [2.75, 3.05) is 30.4 Å². The Bertz CT molecular complexity index is 374. The van der Waals surface area contributed by atoms with Crippen molar-refractivity contribution in [2.45, 2.75) is 33.1 Å². The van der Waals surface area contributed by atoms with Gasteiger partial charge >= 0.3 is 0 Å². The molecule has 1 aromatic rings. The lowest BCUT2D eigenvalue weighted by molar-refractivity contribution is 0.769. The van der Waals surface area contributed by atoms with Gasteiger partial charge in [-0.1, -0.05) is 6.92 Å². The fraction of sp³-hybridized carbons (Fsp3) is 0.692. The predicted octanol–water partition coefficient (Wildman–Crippen LogP) is 2.32. The van der Waals surface area contributed by atoms with E-state index >= 15 is 0 Å². The van der Waals surface area contributed by atoms with E-state index in [-0.39, 0.29) is 0 Å². The Morgan fingerprint density at radius 2 is 2.12 bits per heavy atom. The monoisotopic (exact) mass is 234 g/mol. The minimum Gasteiger partial charge on any atom is -0.370 e. The van der Waals surface area contributed by atoms with E-state index in [9.17, 15) is 0 Å². The van der Waals surface area contributed by atoms with E-state index < -0.39 is 0 Å². The lowest BCUT2D eigenvalue weighted by atomic mass is 10.3. The molecule has 0 aliphatic heterocycles. The fourth-order valence-electron chi connectivity index (χ4n) is 1.89. The van der Waals surface area contributed by atoms with Crippen LogP contribution in [0.15, 0.2) is 6.07 Å². The number of hydrogen-bond donors (Lipinski definition) is 1. The van der Waals surface area contributed by atoms with Gasteiger partial charge < -0.3 is 10.2 Å². The van der Waals surface area contributed by atoms with Crippen LogP contribution in [0, 0.1) is 5.92 Å². The maximum absolute atomic E-state index is 4.59. The molecule has 0 spiro atoms. The third kappa shape index (κ3) is 3.32. The van der Waals surface area contributed by atoms with Crippen LogP contribution in [0.25, 0.3) is 0 Å². The number of anilines is 2. The highest BCUT2D eigenvalue weighted by atomic mass is 15.2. The molecule has 0 atom stereocenters. The van der Waals surface area contributed by atoms with Gasteiger partial charge in [0, 0.05) is 32.6 Å². The summed E-state index contributed by atoms with van der Waals surface area (Å²) in [4.78, 5) is 11.3. The molecule has 94 valence electrons. The highest BCUT2D eigenvalue weighted by Crippen LogP contribution is 2.30. The second-order valence-corrected chi connectivity index (χ2v) is 4.74. The van der Waals surface area contributed by atoms with Crippen molar-refractivity contribution in [3.63, 3.8) is 0 Å². The first kappa shape index (κ1) is 12.1. The van der Waals surface area contributed by atoms with Gasteiger partial charge in [-0.25, -0.2) is 9.97 Å². The van der Waals surface area contributed by atoms with Gasteiger partial charge in [-0.05, 0) is 25.7 Å². The Hall–Kier alpha value is -1.32. The van der Waals surface area contributed by atoms with Gasteiger partial charge in [0.1, 0.15) is 17.5 Å². The number of rotatable bonds is 6. The van der Waals surface area contributed by atoms with Crippen LogP contribution in [0.4, 0.5) is 11.6 Å². The number of nitrogens with zero attached hydrogens (tertiary/aromatic N) is 3. The van der Waals surface area contributed by atoms with Gasteiger partial charge in [-0.15, -0.1) is 0 Å². The van der Waals surface area contributed by atoms with E-state index in [1.807, 2.05) is 6.07 Å². The van der Waals surface area contributed by atoms with E-state index in [1.54, 1.807) is 0 Å². The molecule has 1 saturated carbocycles. The van der Waals surface area contributed by atoms with Crippen LogP contribution in [0.3, 0.4) is 0 Å². The van der Waals surface area contributed by atoms with Gasteiger partial charge in [0.2, 0.25) is 0 Å². The standard InChI is InChI=1S/C13H22N4/c1-4-11-15-12(14-5-2)8-13(16-11)17(3)9-10-6-7-10/h8,10H,4-7,9H2,1-3H3,(H,14,15,16). The first-order valence-electron chi connectivity index (χ1n) is 6.55. The molecule has 1 aromatic heterocycles. The summed E-state index contributed by atoms with van der Waals surface area (Å²) in [5, 5.41) is 3.27. The Balaban J connectivity index is 2.14. The number of aromatic nitrogens is 2. The van der Waals surface area contributed by atoms with Crippen molar-refractivity contribution >= 4 is 11.6 Å². The number of hydrogen-bond acceptors (Lipinski definition) is 4. The summed E-state index contributed by atoms with van der Waals surface area (Å²) in [5.41, 5.74) is 0. The van der Waals surface area contributed by atoms with Crippen molar-refractivity contribution < 1.29 is 0 Å². The van der Waals surface area contributed by atoms with E-state index in [4.69, 9.17) is 0 Å². The van der Waals surface area contributed by atoms with Gasteiger partial charge in [-0.2, -0.15) is 0 Å². The average molecular weight is 234 g/mol. The van der Waals surface area contributed by atoms with E-state index in [2.05, 4.69) is 41.1 Å². The van der Waals surface area contributed by atoms with Crippen LogP contribution in [0.5, 0.6) is 0 Å². The highest BCUT2D eigenvalue weighted by molar-refractivity contribution is 5.49. The summed E-state index contributed by atoms with van der Waals surface area (Å²) in [6, 6.07) is 2.05. The minimum absolute atomic E-state index is 0.877. The summed E-state index contributed by atoms with van der Waals surface area (Å²) in [7, 11) is 2.12. The molecular formula is C13H22N4. The normalized spacial score (nSPS) is 14.8. The zero-order chi connectivity index (χ0) is 12.3. The zero-order valence-corrected chi connectivity index (χ0v) is 11.0. The summed E-state index contributed by atoms with van der Waals surface area (Å²) in [6.07, 6.45) is 3.62. The molecule has 4 nitrogen and oxygen atoms in total. The first-order chi connectivity index (χ1) is 8.22. The molecule has 0 saturated heterocycles. The van der Waals surface area contributed by atoms with Gasteiger partial charge in [0.15, 0.2) is 0 Å². The molecule has 4 heteroatoms. The smallest absolute Gasteiger partial charge is 0.134 e. The second kappa shape index (κ2) is 5.34. The van der Waals surface area contributed by atoms with Gasteiger partial charge in [-0.3, -0.25) is 0 Å². The molecule has 0 bridgehead atoms. The van der Waals surface area contributed by atoms with Crippen molar-refractivity contribution in [1.82, 2.24) is 9.97 Å². The Kier molecular flexibility index (Phi) is 3.82. The zero-order valence-electron chi connectivity index (χ0n) is 11.0. The van der Waals surface area contributed by atoms with Crippen LogP contribution < -0.4 is 10.2 Å². The molecule has 1 fully saturated rings. The molecule has 1 N–H and O–H groups in total. The van der Waals surface area contributed by atoms with Crippen LogP contribution in [0.2, 0.25) is 0 Å². The topological polar surface area (TPSA) is 41.0 Å². The largest absolute Gasteiger partial charge is 0.370 e. The number of aryl methyl sites for hydroxylation is 1. The summed E-state index contributed by atoms with van der Waals surface area (Å²) in [5.74, 6) is 3.78. The molecule has 1 aliphatic carbocycles. The molecule has 17 heavy (non-hydrogen) atoms. The van der Waals surface area contributed by atoms with Crippen LogP contribution in [0.1, 0.15) is 32.5 Å². The average Bonchev–Trinajstić information content (AvgIpc) is 3.13. The van der Waals surface area contributed by atoms with E-state index in [0.29, 0.717) is 0 Å². The van der Waals surface area contributed by atoms with Crippen molar-refractivity contribution in [3.8, 4) is 0 Å². The lowest BCUT2D eigenvalue weighted by Gasteiger charge is -2.19. The van der Waals surface area contributed by atoms with Crippen molar-refractivity contribution in [2.24, 2.45) is 5.92 Å². The quantitative estimate of drug-likeness (QED) is 0.820. The molecule has 0 aromatic carbocycles. The predicted molar refractivity (Wildman–Crippen MR) is 71.6 cm³/mol. The fourth-order valence-corrected chi connectivity index (χ4v) is 1.89. The van der Waals surface area contributed by atoms with Crippen LogP contribution >= 0.6 is 0 Å². The van der Waals surface area contributed by atoms with Crippen LogP contribution in [-0.2, 0) is 6.42 Å². The Morgan fingerprint density at radius 3 is 2.71 bits per heavy atom. The van der Waals surface area contributed by atoms with Crippen LogP contribution in [-0.4, -0.2) is 30.1 Å². The first-order valence-corrected chi connectivity index (χ1v) is 6.55. The molecule has 0 unspecified atom stereocenters. The molecule has 0 radical (unpaired) electrons. The number of nitrogens with one attached hydrogen (secondary N) is 1. The van der Waals surface area contributed by atoms with Crippen molar-refractivity contribution in [1.29, 1.82) is 0 Å². The third-order valence-electron chi connectivity index (χ3n) is 3.05. The molecule has 2 rings (SSSR count). The highest BCUT2D eigenvalue weighted by Gasteiger charge is 2.23. The SMILES string of the molecule is CCNc1cc(N(C)CC2CC2)nc(CC)n1. The maximum Gasteiger partial charge on any atom is 0.134 e. The lowest BCUT2D eigenvalue weighted by Crippen LogP contribution is -2.22. The Morgan fingerprint density at radius 1 is 1.35 bits per heavy atom. The summed E-state index contributed by atoms with van der Waals surface area (Å²) in [6.45, 7) is 6.19. The summed E-state index contributed by atoms with van der Waals surface area (Å²) >= 11 is 0. The molecule has 1 aliphatic rings. The van der Waals surface area contributed by atoms with E-state index in [1.165, 1.54) is 12.8 Å². The second-order valence-electron chi connectivity index (χ2n) is 4.74. The van der Waals surface area contributed by atoms with E-state index in [0.717, 1.165) is 42.9 Å². The maximum atomic E-state index is 4.59. The van der Waals surface area contributed by atoms with Crippen molar-refractivity contribution in [3.05, 3.63) is 11.9 Å². The molecule has 0 amide bonds. The van der Waals surface area contributed by atoms with Gasteiger partial charge in [0.25, 0.3) is 0 Å². The van der Waals surface area contributed by atoms with Gasteiger partial charge in [0.05, 0.1) is 0 Å². The molecule has 1 heterocycles. The minimum atomic E-state index is 0.877. The molecular weight excluding hydrogens is 212 g/mol.